The minimum absolute atomic E-state index is 0.0136. The maximum atomic E-state index is 12.1. The van der Waals surface area contributed by atoms with Crippen molar-refractivity contribution in [2.45, 2.75) is 26.3 Å². The molecule has 0 saturated heterocycles. The van der Waals surface area contributed by atoms with Gasteiger partial charge in [-0.1, -0.05) is 6.92 Å². The molecule has 5 heteroatoms. The van der Waals surface area contributed by atoms with E-state index in [9.17, 15) is 4.79 Å². The molecule has 0 atom stereocenters. The molecular weight excluding hydrogens is 240 g/mol. The zero-order valence-electron chi connectivity index (χ0n) is 10.9. The standard InChI is InChI=1S/C14H16N4O/c1-2-9-7-15-5-3-10(9)13-17-12-8-16-6-4-11(12)14(19)18-13/h3,5,7,16H,2,4,6,8H2,1H3,(H,17,18,19). The van der Waals surface area contributed by atoms with Crippen molar-refractivity contribution in [3.05, 3.63) is 45.6 Å². The number of hydrogen-bond acceptors (Lipinski definition) is 4. The number of fused-ring (bicyclic) bond motifs is 1. The lowest BCUT2D eigenvalue weighted by Crippen LogP contribution is -2.31. The number of aromatic nitrogens is 3. The fraction of sp³-hybridized carbons (Fsp3) is 0.357. The highest BCUT2D eigenvalue weighted by Gasteiger charge is 2.16. The molecule has 1 aliphatic heterocycles. The van der Waals surface area contributed by atoms with Gasteiger partial charge in [-0.25, -0.2) is 4.98 Å². The van der Waals surface area contributed by atoms with Gasteiger partial charge in [0.25, 0.3) is 5.56 Å². The van der Waals surface area contributed by atoms with Gasteiger partial charge in [-0.15, -0.1) is 0 Å². The number of pyridine rings is 1. The maximum absolute atomic E-state index is 12.1. The summed E-state index contributed by atoms with van der Waals surface area (Å²) in [5.41, 5.74) is 3.72. The summed E-state index contributed by atoms with van der Waals surface area (Å²) < 4.78 is 0. The molecule has 0 amide bonds. The van der Waals surface area contributed by atoms with Crippen LogP contribution in [0, 0.1) is 0 Å². The Bertz CT molecular complexity index is 663. The molecule has 2 aromatic rings. The zero-order valence-corrected chi connectivity index (χ0v) is 10.9. The quantitative estimate of drug-likeness (QED) is 0.842. The van der Waals surface area contributed by atoms with Crippen LogP contribution in [0.4, 0.5) is 0 Å². The van der Waals surface area contributed by atoms with E-state index in [1.807, 2.05) is 12.3 Å². The SMILES string of the molecule is CCc1cnccc1-c1nc2c(c(=O)[nH]1)CCNC2. The molecule has 3 rings (SSSR count). The summed E-state index contributed by atoms with van der Waals surface area (Å²) in [6.07, 6.45) is 5.16. The van der Waals surface area contributed by atoms with Gasteiger partial charge in [0.05, 0.1) is 5.69 Å². The molecule has 2 N–H and O–H groups in total. The predicted octanol–water partition coefficient (Wildman–Crippen LogP) is 1.04. The molecule has 19 heavy (non-hydrogen) atoms. The van der Waals surface area contributed by atoms with Crippen LogP contribution < -0.4 is 10.9 Å². The van der Waals surface area contributed by atoms with Gasteiger partial charge in [0.2, 0.25) is 0 Å². The van der Waals surface area contributed by atoms with Crippen molar-refractivity contribution in [2.24, 2.45) is 0 Å². The Morgan fingerprint density at radius 3 is 3.16 bits per heavy atom. The van der Waals surface area contributed by atoms with Crippen LogP contribution in [0.25, 0.3) is 11.4 Å². The normalized spacial score (nSPS) is 14.2. The minimum atomic E-state index is -0.0136. The fourth-order valence-electron chi connectivity index (χ4n) is 2.44. The van der Waals surface area contributed by atoms with Crippen molar-refractivity contribution in [1.29, 1.82) is 0 Å². The summed E-state index contributed by atoms with van der Waals surface area (Å²) >= 11 is 0. The molecule has 0 unspecified atom stereocenters. The maximum Gasteiger partial charge on any atom is 0.254 e. The lowest BCUT2D eigenvalue weighted by atomic mass is 10.1. The van der Waals surface area contributed by atoms with E-state index in [0.29, 0.717) is 12.4 Å². The number of H-pyrrole nitrogens is 1. The summed E-state index contributed by atoms with van der Waals surface area (Å²) in [5.74, 6) is 0.645. The molecule has 0 aliphatic carbocycles. The van der Waals surface area contributed by atoms with Crippen LogP contribution in [0.1, 0.15) is 23.7 Å². The second kappa shape index (κ2) is 4.93. The largest absolute Gasteiger partial charge is 0.311 e. The molecular formula is C14H16N4O. The minimum Gasteiger partial charge on any atom is -0.311 e. The van der Waals surface area contributed by atoms with Crippen molar-refractivity contribution in [3.63, 3.8) is 0 Å². The van der Waals surface area contributed by atoms with Crippen LogP contribution in [-0.4, -0.2) is 21.5 Å². The number of nitrogens with one attached hydrogen (secondary N) is 2. The molecule has 2 aromatic heterocycles. The number of hydrogen-bond donors (Lipinski definition) is 2. The molecule has 98 valence electrons. The third-order valence-corrected chi connectivity index (χ3v) is 3.48. The number of rotatable bonds is 2. The van der Waals surface area contributed by atoms with Gasteiger partial charge >= 0.3 is 0 Å². The predicted molar refractivity (Wildman–Crippen MR) is 72.9 cm³/mol. The summed E-state index contributed by atoms with van der Waals surface area (Å²) in [6, 6.07) is 1.90. The Morgan fingerprint density at radius 2 is 2.32 bits per heavy atom. The van der Waals surface area contributed by atoms with Crippen molar-refractivity contribution in [1.82, 2.24) is 20.3 Å². The van der Waals surface area contributed by atoms with Gasteiger partial charge in [0, 0.05) is 30.1 Å². The first kappa shape index (κ1) is 12.0. The molecule has 0 saturated carbocycles. The van der Waals surface area contributed by atoms with Gasteiger partial charge in [0.15, 0.2) is 0 Å². The summed E-state index contributed by atoms with van der Waals surface area (Å²) in [7, 11) is 0. The lowest BCUT2D eigenvalue weighted by Gasteiger charge is -2.16. The Morgan fingerprint density at radius 1 is 1.42 bits per heavy atom. The van der Waals surface area contributed by atoms with Crippen molar-refractivity contribution in [2.75, 3.05) is 6.54 Å². The van der Waals surface area contributed by atoms with Gasteiger partial charge in [-0.2, -0.15) is 0 Å². The average Bonchev–Trinajstić information content (AvgIpc) is 2.47. The van der Waals surface area contributed by atoms with E-state index < -0.39 is 0 Å². The summed E-state index contributed by atoms with van der Waals surface area (Å²) in [6.45, 7) is 3.57. The van der Waals surface area contributed by atoms with Gasteiger partial charge in [0.1, 0.15) is 5.82 Å². The third-order valence-electron chi connectivity index (χ3n) is 3.48. The second-order valence-electron chi connectivity index (χ2n) is 4.65. The number of aromatic amines is 1. The Kier molecular flexibility index (Phi) is 3.13. The third kappa shape index (κ3) is 2.17. The lowest BCUT2D eigenvalue weighted by molar-refractivity contribution is 0.619. The van der Waals surface area contributed by atoms with E-state index in [2.05, 4.69) is 27.2 Å². The number of nitrogens with zero attached hydrogens (tertiary/aromatic N) is 2. The molecule has 1 aliphatic rings. The first-order valence-electron chi connectivity index (χ1n) is 6.55. The van der Waals surface area contributed by atoms with Crippen LogP contribution in [0.2, 0.25) is 0 Å². The van der Waals surface area contributed by atoms with E-state index in [0.717, 1.165) is 41.8 Å². The fourth-order valence-corrected chi connectivity index (χ4v) is 2.44. The molecule has 0 radical (unpaired) electrons. The summed E-state index contributed by atoms with van der Waals surface area (Å²) in [4.78, 5) is 23.7. The monoisotopic (exact) mass is 256 g/mol. The number of aryl methyl sites for hydroxylation is 1. The zero-order chi connectivity index (χ0) is 13.2. The highest BCUT2D eigenvalue weighted by molar-refractivity contribution is 5.59. The molecule has 0 fully saturated rings. The molecule has 5 nitrogen and oxygen atoms in total. The highest BCUT2D eigenvalue weighted by atomic mass is 16.1. The molecule has 0 spiro atoms. The van der Waals surface area contributed by atoms with E-state index >= 15 is 0 Å². The molecule has 3 heterocycles. The van der Waals surface area contributed by atoms with Crippen molar-refractivity contribution in [3.8, 4) is 11.4 Å². The van der Waals surface area contributed by atoms with Crippen molar-refractivity contribution >= 4 is 0 Å². The van der Waals surface area contributed by atoms with Crippen LogP contribution in [0.3, 0.4) is 0 Å². The van der Waals surface area contributed by atoms with E-state index in [1.54, 1.807) is 6.20 Å². The molecule has 0 aromatic carbocycles. The summed E-state index contributed by atoms with van der Waals surface area (Å²) in [5, 5.41) is 3.25. The van der Waals surface area contributed by atoms with Gasteiger partial charge in [-0.05, 0) is 31.0 Å². The van der Waals surface area contributed by atoms with Crippen LogP contribution >= 0.6 is 0 Å². The Balaban J connectivity index is 2.16. The van der Waals surface area contributed by atoms with Gasteiger partial charge < -0.3 is 10.3 Å². The van der Waals surface area contributed by atoms with Crippen LogP contribution in [0.15, 0.2) is 23.3 Å². The Labute approximate surface area is 111 Å². The first-order valence-corrected chi connectivity index (χ1v) is 6.55. The van der Waals surface area contributed by atoms with Crippen molar-refractivity contribution < 1.29 is 0 Å². The van der Waals surface area contributed by atoms with Crippen LogP contribution in [-0.2, 0) is 19.4 Å². The van der Waals surface area contributed by atoms with E-state index in [4.69, 9.17) is 0 Å². The average molecular weight is 256 g/mol. The topological polar surface area (TPSA) is 70.7 Å². The Hall–Kier alpha value is -2.01. The van der Waals surface area contributed by atoms with Gasteiger partial charge in [-0.3, -0.25) is 9.78 Å². The molecule has 0 bridgehead atoms. The smallest absolute Gasteiger partial charge is 0.254 e. The van der Waals surface area contributed by atoms with E-state index in [1.165, 1.54) is 0 Å². The van der Waals surface area contributed by atoms with Crippen LogP contribution in [0.5, 0.6) is 0 Å². The highest BCUT2D eigenvalue weighted by Crippen LogP contribution is 2.20. The second-order valence-corrected chi connectivity index (χ2v) is 4.65. The first-order chi connectivity index (χ1) is 9.29. The van der Waals surface area contributed by atoms with E-state index in [-0.39, 0.29) is 5.56 Å².